The third kappa shape index (κ3) is 4.54. The maximum Gasteiger partial charge on any atom is 4.00 e. The molecule has 0 fully saturated rings. The predicted octanol–water partition coefficient (Wildman–Crippen LogP) is 6.44. The van der Waals surface area contributed by atoms with Crippen LogP contribution in [0.5, 0.6) is 11.5 Å². The molecule has 0 spiro atoms. The van der Waals surface area contributed by atoms with Gasteiger partial charge in [0.05, 0.1) is 5.69 Å². The number of para-hydroxylation sites is 1. The molecule has 0 N–H and O–H groups in total. The molecule has 0 radical (unpaired) electrons. The number of hydrogen-bond acceptors (Lipinski definition) is 4. The first kappa shape index (κ1) is 24.8. The van der Waals surface area contributed by atoms with Gasteiger partial charge in [0.1, 0.15) is 5.82 Å². The number of benzene rings is 3. The van der Waals surface area contributed by atoms with E-state index in [9.17, 15) is 0 Å². The number of fused-ring (bicyclic) bond motifs is 3. The molecule has 0 aliphatic rings. The van der Waals surface area contributed by atoms with Gasteiger partial charge in [0.15, 0.2) is 0 Å². The van der Waals surface area contributed by atoms with E-state index >= 15 is 0 Å². The molecule has 6 rings (SSSR count). The fourth-order valence-corrected chi connectivity index (χ4v) is 4.59. The first-order valence-electron chi connectivity index (χ1n) is 11.8. The molecule has 0 amide bonds. The van der Waals surface area contributed by atoms with E-state index in [1.807, 2.05) is 81.3 Å². The van der Waals surface area contributed by atoms with Gasteiger partial charge in [0, 0.05) is 54.8 Å². The van der Waals surface area contributed by atoms with Gasteiger partial charge in [-0.15, -0.1) is 35.7 Å². The van der Waals surface area contributed by atoms with Crippen LogP contribution in [-0.4, -0.2) is 33.4 Å². The summed E-state index contributed by atoms with van der Waals surface area (Å²) >= 11 is 0. The number of ether oxygens (including phenoxy) is 1. The number of aryl methyl sites for hydroxylation is 2. The number of pyridine rings is 1. The molecule has 3 aromatic carbocycles. The fraction of sp³-hybridized carbons (Fsp3) is 0.133. The van der Waals surface area contributed by atoms with Crippen molar-refractivity contribution >= 4 is 27.5 Å². The molecule has 184 valence electrons. The van der Waals surface area contributed by atoms with Crippen LogP contribution in [0.1, 0.15) is 11.4 Å². The molecule has 0 aliphatic heterocycles. The second kappa shape index (κ2) is 9.87. The quantitative estimate of drug-likeness (QED) is 0.199. The molecule has 3 heterocycles. The second-order valence-electron chi connectivity index (χ2n) is 9.05. The van der Waals surface area contributed by atoms with Gasteiger partial charge in [-0.3, -0.25) is 4.68 Å². The van der Waals surface area contributed by atoms with Crippen LogP contribution in [0.15, 0.2) is 79.0 Å². The molecule has 0 unspecified atom stereocenters. The number of anilines is 1. The summed E-state index contributed by atoms with van der Waals surface area (Å²) in [7, 11) is 4.06. The summed E-state index contributed by atoms with van der Waals surface area (Å²) < 4.78 is 10.3. The smallest absolute Gasteiger partial charge is 0.509 e. The average molecular weight is 667 g/mol. The Morgan fingerprint density at radius 3 is 2.43 bits per heavy atom. The monoisotopic (exact) mass is 666 g/mol. The van der Waals surface area contributed by atoms with Crippen LogP contribution in [0.4, 0.5) is 5.69 Å². The first-order valence-corrected chi connectivity index (χ1v) is 11.8. The van der Waals surface area contributed by atoms with E-state index in [1.54, 1.807) is 0 Å². The van der Waals surface area contributed by atoms with E-state index in [2.05, 4.69) is 57.0 Å². The molecule has 0 bridgehead atoms. The number of rotatable bonds is 5. The Hall–Kier alpha value is -3.89. The van der Waals surface area contributed by atoms with Crippen LogP contribution in [0.3, 0.4) is 0 Å². The van der Waals surface area contributed by atoms with Gasteiger partial charge in [-0.2, -0.15) is 17.2 Å². The van der Waals surface area contributed by atoms with Crippen LogP contribution in [0.2, 0.25) is 0 Å². The Kier molecular flexibility index (Phi) is 6.61. The molecule has 7 heteroatoms. The third-order valence-corrected chi connectivity index (χ3v) is 6.24. The summed E-state index contributed by atoms with van der Waals surface area (Å²) in [4.78, 5) is 6.77. The molecule has 0 atom stereocenters. The molecule has 0 aliphatic carbocycles. The van der Waals surface area contributed by atoms with Crippen LogP contribution < -0.4 is 9.64 Å². The van der Waals surface area contributed by atoms with E-state index < -0.39 is 0 Å². The predicted molar refractivity (Wildman–Crippen MR) is 144 cm³/mol. The van der Waals surface area contributed by atoms with Gasteiger partial charge in [0.25, 0.3) is 0 Å². The molecule has 6 nitrogen and oxygen atoms in total. The summed E-state index contributed by atoms with van der Waals surface area (Å²) in [5.41, 5.74) is 5.90. The Morgan fingerprint density at radius 1 is 0.838 bits per heavy atom. The van der Waals surface area contributed by atoms with Crippen molar-refractivity contribution in [1.82, 2.24) is 19.3 Å². The van der Waals surface area contributed by atoms with Crippen molar-refractivity contribution in [3.05, 3.63) is 103 Å². The summed E-state index contributed by atoms with van der Waals surface area (Å²) in [5.74, 6) is 2.04. The van der Waals surface area contributed by atoms with Crippen molar-refractivity contribution in [2.75, 3.05) is 19.0 Å². The molecule has 0 saturated carbocycles. The minimum Gasteiger partial charge on any atom is -0.509 e. The molecular formula is C30H25N5OPt+2. The zero-order valence-electron chi connectivity index (χ0n) is 21.0. The van der Waals surface area contributed by atoms with Crippen LogP contribution in [0, 0.1) is 26.0 Å². The van der Waals surface area contributed by atoms with E-state index in [0.717, 1.165) is 50.4 Å². The topological polar surface area (TPSA) is 48.1 Å². The van der Waals surface area contributed by atoms with Crippen molar-refractivity contribution in [3.63, 3.8) is 0 Å². The van der Waals surface area contributed by atoms with Crippen LogP contribution in [-0.2, 0) is 21.1 Å². The van der Waals surface area contributed by atoms with Gasteiger partial charge in [-0.25, -0.2) is 4.98 Å². The summed E-state index contributed by atoms with van der Waals surface area (Å²) in [6, 6.07) is 31.2. The van der Waals surface area contributed by atoms with Gasteiger partial charge >= 0.3 is 21.1 Å². The summed E-state index contributed by atoms with van der Waals surface area (Å²) in [6.07, 6.45) is 1.84. The average Bonchev–Trinajstić information content (AvgIpc) is 3.40. The standard InChI is InChI=1S/C30H25N5O.Pt/c1-20-16-21(2)35(32-20)23-8-7-9-24(17-23)36-25-12-13-27-26-10-5-6-11-28(26)34(29(27)19-25)30-18-22(33(3)4)14-15-31-30;/h5-16,18H,1-4H3;/q-2;+4. The van der Waals surface area contributed by atoms with Gasteiger partial charge in [-0.1, -0.05) is 23.7 Å². The van der Waals surface area contributed by atoms with E-state index in [0.29, 0.717) is 11.5 Å². The van der Waals surface area contributed by atoms with Crippen molar-refractivity contribution in [2.24, 2.45) is 0 Å². The second-order valence-corrected chi connectivity index (χ2v) is 9.05. The zero-order valence-corrected chi connectivity index (χ0v) is 23.2. The van der Waals surface area contributed by atoms with E-state index in [-0.39, 0.29) is 21.1 Å². The van der Waals surface area contributed by atoms with Gasteiger partial charge in [-0.05, 0) is 43.1 Å². The molecule has 3 aromatic heterocycles. The Labute approximate surface area is 230 Å². The Morgan fingerprint density at radius 2 is 1.65 bits per heavy atom. The minimum atomic E-state index is 0. The number of hydrogen-bond donors (Lipinski definition) is 0. The fourth-order valence-electron chi connectivity index (χ4n) is 4.59. The SMILES string of the molecule is Cc1cc(C)n(-c2[c-]c(Oc3[c-]c4c(cc3)c3ccccc3n4-c3cc(N(C)C)ccn3)ccc2)n1.[Pt+4]. The maximum atomic E-state index is 6.25. The summed E-state index contributed by atoms with van der Waals surface area (Å²) in [5, 5.41) is 6.80. The van der Waals surface area contributed by atoms with Crippen LogP contribution >= 0.6 is 0 Å². The van der Waals surface area contributed by atoms with E-state index in [1.165, 1.54) is 0 Å². The van der Waals surface area contributed by atoms with E-state index in [4.69, 9.17) is 9.72 Å². The van der Waals surface area contributed by atoms with Gasteiger partial charge in [0.2, 0.25) is 0 Å². The summed E-state index contributed by atoms with van der Waals surface area (Å²) in [6.45, 7) is 4.01. The van der Waals surface area contributed by atoms with Crippen molar-refractivity contribution in [3.8, 4) is 23.0 Å². The Balaban J connectivity index is 0.00000280. The van der Waals surface area contributed by atoms with Crippen LogP contribution in [0.25, 0.3) is 33.3 Å². The zero-order chi connectivity index (χ0) is 24.8. The first-order chi connectivity index (χ1) is 17.5. The van der Waals surface area contributed by atoms with Crippen molar-refractivity contribution in [1.29, 1.82) is 0 Å². The minimum absolute atomic E-state index is 0. The number of nitrogens with zero attached hydrogens (tertiary/aromatic N) is 5. The number of aromatic nitrogens is 4. The molecule has 0 saturated heterocycles. The van der Waals surface area contributed by atoms with Gasteiger partial charge < -0.3 is 14.2 Å². The molecule has 6 aromatic rings. The third-order valence-electron chi connectivity index (χ3n) is 6.24. The largest absolute Gasteiger partial charge is 4.00 e. The Bertz CT molecular complexity index is 1730. The molecule has 37 heavy (non-hydrogen) atoms. The molecular weight excluding hydrogens is 641 g/mol. The van der Waals surface area contributed by atoms with Crippen molar-refractivity contribution in [2.45, 2.75) is 13.8 Å². The van der Waals surface area contributed by atoms with Crippen molar-refractivity contribution < 1.29 is 25.8 Å². The normalized spacial score (nSPS) is 11.0. The maximum absolute atomic E-state index is 6.25.